The van der Waals surface area contributed by atoms with E-state index in [-0.39, 0.29) is 11.8 Å². The lowest BCUT2D eigenvalue weighted by Gasteiger charge is -2.19. The number of phenols is 1. The van der Waals surface area contributed by atoms with Crippen LogP contribution >= 0.6 is 0 Å². The molecule has 2 aromatic carbocycles. The van der Waals surface area contributed by atoms with Crippen molar-refractivity contribution in [2.24, 2.45) is 0 Å². The summed E-state index contributed by atoms with van der Waals surface area (Å²) in [7, 11) is 3.21. The molecule has 0 amide bonds. The van der Waals surface area contributed by atoms with Crippen molar-refractivity contribution in [2.45, 2.75) is 13.0 Å². The average Bonchev–Trinajstić information content (AvgIpc) is 2.78. The molecule has 0 radical (unpaired) electrons. The third-order valence-electron chi connectivity index (χ3n) is 5.07. The van der Waals surface area contributed by atoms with Gasteiger partial charge in [0, 0.05) is 28.3 Å². The van der Waals surface area contributed by atoms with E-state index in [4.69, 9.17) is 9.47 Å². The Morgan fingerprint density at radius 2 is 1.77 bits per heavy atom. The van der Waals surface area contributed by atoms with Gasteiger partial charge in [0.05, 0.1) is 20.4 Å². The molecule has 0 bridgehead atoms. The van der Waals surface area contributed by atoms with Gasteiger partial charge in [-0.3, -0.25) is 5.32 Å². The van der Waals surface area contributed by atoms with Crippen molar-refractivity contribution in [3.8, 4) is 17.2 Å². The summed E-state index contributed by atoms with van der Waals surface area (Å²) in [5, 5.41) is 15.5. The topological polar surface area (TPSA) is 77.8 Å². The van der Waals surface area contributed by atoms with Gasteiger partial charge in [-0.1, -0.05) is 24.3 Å². The van der Waals surface area contributed by atoms with Crippen LogP contribution in [0, 0.1) is 6.92 Å². The minimum atomic E-state index is -0.352. The molecular formula is C24H24N3O3+. The average molecular weight is 402 g/mol. The zero-order valence-electron chi connectivity index (χ0n) is 17.1. The zero-order chi connectivity index (χ0) is 21.1. The maximum Gasteiger partial charge on any atom is 0.272 e. The Labute approximate surface area is 175 Å². The number of nitrogens with zero attached hydrogens (tertiary/aromatic N) is 1. The van der Waals surface area contributed by atoms with E-state index in [2.05, 4.69) is 15.3 Å². The molecule has 0 aliphatic heterocycles. The van der Waals surface area contributed by atoms with Crippen LogP contribution in [0.5, 0.6) is 17.2 Å². The van der Waals surface area contributed by atoms with Crippen molar-refractivity contribution in [1.82, 2.24) is 4.98 Å². The third-order valence-corrected chi connectivity index (χ3v) is 5.07. The van der Waals surface area contributed by atoms with E-state index in [0.717, 1.165) is 22.5 Å². The molecular weight excluding hydrogens is 378 g/mol. The van der Waals surface area contributed by atoms with Crippen molar-refractivity contribution in [3.05, 3.63) is 83.7 Å². The number of H-pyrrole nitrogens is 1. The van der Waals surface area contributed by atoms with Gasteiger partial charge in [-0.05, 0) is 37.3 Å². The summed E-state index contributed by atoms with van der Waals surface area (Å²) < 4.78 is 10.9. The van der Waals surface area contributed by atoms with E-state index >= 15 is 0 Å². The number of ether oxygens (including phenoxy) is 2. The highest BCUT2D eigenvalue weighted by Crippen LogP contribution is 2.38. The first-order chi connectivity index (χ1) is 14.6. The summed E-state index contributed by atoms with van der Waals surface area (Å²) in [4.78, 5) is 7.74. The molecule has 0 aliphatic carbocycles. The fourth-order valence-corrected chi connectivity index (χ4v) is 3.53. The monoisotopic (exact) mass is 402 g/mol. The van der Waals surface area contributed by atoms with E-state index in [1.807, 2.05) is 73.8 Å². The lowest BCUT2D eigenvalue weighted by atomic mass is 9.95. The first kappa shape index (κ1) is 19.5. The fourth-order valence-electron chi connectivity index (χ4n) is 3.53. The van der Waals surface area contributed by atoms with Gasteiger partial charge in [0.15, 0.2) is 11.5 Å². The van der Waals surface area contributed by atoms with Crippen LogP contribution in [0.3, 0.4) is 0 Å². The number of aromatic amines is 1. The predicted octanol–water partition coefficient (Wildman–Crippen LogP) is 4.28. The van der Waals surface area contributed by atoms with Crippen molar-refractivity contribution in [3.63, 3.8) is 0 Å². The highest BCUT2D eigenvalue weighted by atomic mass is 16.5. The maximum atomic E-state index is 11.1. The van der Waals surface area contributed by atoms with Gasteiger partial charge in [-0.25, -0.2) is 9.97 Å². The molecule has 1 atom stereocenters. The number of methoxy groups -OCH3 is 2. The molecule has 0 unspecified atom stereocenters. The SMILES string of the molecule is COc1ccc([C@@H](Nc2cccc[nH+]2)c2ccc3ccc(C)nc3c2O)cc1OC. The van der Waals surface area contributed by atoms with Crippen molar-refractivity contribution >= 4 is 16.7 Å². The summed E-state index contributed by atoms with van der Waals surface area (Å²) in [6, 6.07) is 19.0. The second-order valence-electron chi connectivity index (χ2n) is 7.00. The smallest absolute Gasteiger partial charge is 0.272 e. The summed E-state index contributed by atoms with van der Waals surface area (Å²) in [5.74, 6) is 2.23. The van der Waals surface area contributed by atoms with E-state index in [1.54, 1.807) is 14.2 Å². The van der Waals surface area contributed by atoms with E-state index < -0.39 is 0 Å². The molecule has 2 heterocycles. The highest BCUT2D eigenvalue weighted by molar-refractivity contribution is 5.86. The maximum absolute atomic E-state index is 11.1. The Morgan fingerprint density at radius 3 is 2.50 bits per heavy atom. The van der Waals surface area contributed by atoms with E-state index in [0.29, 0.717) is 22.6 Å². The van der Waals surface area contributed by atoms with Crippen LogP contribution in [0.2, 0.25) is 0 Å². The fraction of sp³-hybridized carbons (Fsp3) is 0.167. The minimum absolute atomic E-state index is 0.152. The number of aromatic nitrogens is 2. The lowest BCUT2D eigenvalue weighted by Crippen LogP contribution is -2.19. The number of aromatic hydroxyl groups is 1. The largest absolute Gasteiger partial charge is 0.505 e. The number of phenolic OH excluding ortho intramolecular Hbond substituents is 1. The van der Waals surface area contributed by atoms with Crippen molar-refractivity contribution in [2.75, 3.05) is 19.5 Å². The molecule has 0 spiro atoms. The van der Waals surface area contributed by atoms with E-state index in [1.165, 1.54) is 0 Å². The summed E-state index contributed by atoms with van der Waals surface area (Å²) in [6.07, 6.45) is 1.85. The van der Waals surface area contributed by atoms with Crippen LogP contribution < -0.4 is 19.8 Å². The van der Waals surface area contributed by atoms with Gasteiger partial charge in [-0.15, -0.1) is 0 Å². The van der Waals surface area contributed by atoms with Crippen molar-refractivity contribution < 1.29 is 19.6 Å². The molecule has 3 N–H and O–H groups in total. The molecule has 0 saturated carbocycles. The van der Waals surface area contributed by atoms with Gasteiger partial charge in [-0.2, -0.15) is 0 Å². The Kier molecular flexibility index (Phi) is 5.39. The Hall–Kier alpha value is -3.80. The van der Waals surface area contributed by atoms with Gasteiger partial charge in [0.1, 0.15) is 17.3 Å². The second-order valence-corrected chi connectivity index (χ2v) is 7.00. The van der Waals surface area contributed by atoms with Gasteiger partial charge < -0.3 is 14.6 Å². The van der Waals surface area contributed by atoms with Gasteiger partial charge in [0.25, 0.3) is 5.82 Å². The molecule has 4 aromatic rings. The number of fused-ring (bicyclic) bond motifs is 1. The zero-order valence-corrected chi connectivity index (χ0v) is 17.1. The number of hydrogen-bond acceptors (Lipinski definition) is 5. The molecule has 6 heteroatoms. The standard InChI is InChI=1S/C24H23N3O3/c1-15-7-8-16-9-11-18(24(28)23(16)26-15)22(27-21-6-4-5-13-25-21)17-10-12-19(29-2)20(14-17)30-3/h4-14,22,28H,1-3H3,(H,25,27)/p+1/t22-/m1/s1. The van der Waals surface area contributed by atoms with Gasteiger partial charge >= 0.3 is 0 Å². The van der Waals surface area contributed by atoms with Gasteiger partial charge in [0.2, 0.25) is 0 Å². The van der Waals surface area contributed by atoms with Crippen LogP contribution in [-0.4, -0.2) is 24.3 Å². The lowest BCUT2D eigenvalue weighted by molar-refractivity contribution is -0.361. The van der Waals surface area contributed by atoms with E-state index in [9.17, 15) is 5.11 Å². The third kappa shape index (κ3) is 3.72. The Bertz CT molecular complexity index is 1180. The van der Waals surface area contributed by atoms with Crippen molar-refractivity contribution in [1.29, 1.82) is 0 Å². The first-order valence-corrected chi connectivity index (χ1v) is 9.65. The molecule has 4 rings (SSSR count). The predicted molar refractivity (Wildman–Crippen MR) is 116 cm³/mol. The second kappa shape index (κ2) is 8.29. The molecule has 0 fully saturated rings. The van der Waals surface area contributed by atoms with Crippen LogP contribution in [0.1, 0.15) is 22.9 Å². The molecule has 152 valence electrons. The molecule has 0 aliphatic rings. The van der Waals surface area contributed by atoms with Crippen LogP contribution in [-0.2, 0) is 0 Å². The van der Waals surface area contributed by atoms with Crippen LogP contribution in [0.15, 0.2) is 66.9 Å². The molecule has 6 nitrogen and oxygen atoms in total. The summed E-state index contributed by atoms with van der Waals surface area (Å²) in [5.41, 5.74) is 3.05. The number of anilines is 1. The van der Waals surface area contributed by atoms with Crippen LogP contribution in [0.25, 0.3) is 10.9 Å². The number of rotatable bonds is 6. The quantitative estimate of drug-likeness (QED) is 0.503. The van der Waals surface area contributed by atoms with Crippen LogP contribution in [0.4, 0.5) is 5.82 Å². The molecule has 2 aromatic heterocycles. The number of nitrogens with one attached hydrogen (secondary N) is 2. The summed E-state index contributed by atoms with van der Waals surface area (Å²) >= 11 is 0. The summed E-state index contributed by atoms with van der Waals surface area (Å²) in [6.45, 7) is 1.91. The Morgan fingerprint density at radius 1 is 0.967 bits per heavy atom. The number of pyridine rings is 2. The Balaban J connectivity index is 1.88. The number of hydrogen-bond donors (Lipinski definition) is 2. The highest BCUT2D eigenvalue weighted by Gasteiger charge is 2.25. The minimum Gasteiger partial charge on any atom is -0.505 e. The normalized spacial score (nSPS) is 11.8. The number of benzene rings is 2. The molecule has 0 saturated heterocycles. The molecule has 30 heavy (non-hydrogen) atoms. The first-order valence-electron chi connectivity index (χ1n) is 9.65. The number of aryl methyl sites for hydroxylation is 1.